The van der Waals surface area contributed by atoms with Gasteiger partial charge in [-0.2, -0.15) is 10.4 Å². The lowest BCUT2D eigenvalue weighted by molar-refractivity contribution is -0.151. The molecule has 12 nitrogen and oxygen atoms in total. The monoisotopic (exact) mass is 432 g/mol. The number of aliphatic hydroxyl groups is 2. The predicted octanol–water partition coefficient (Wildman–Crippen LogP) is -1.59. The Balaban J connectivity index is 1.46. The summed E-state index contributed by atoms with van der Waals surface area (Å²) < 4.78 is 17.6. The fourth-order valence-electron chi connectivity index (χ4n) is 4.09. The number of nitriles is 1. The lowest BCUT2D eigenvalue weighted by Gasteiger charge is -2.24. The summed E-state index contributed by atoms with van der Waals surface area (Å²) in [7, 11) is 1.63. The van der Waals surface area contributed by atoms with Crippen molar-refractivity contribution in [3.05, 3.63) is 24.2 Å². The van der Waals surface area contributed by atoms with Gasteiger partial charge in [-0.1, -0.05) is 0 Å². The number of methoxy groups -OCH3 is 1. The second kappa shape index (κ2) is 8.37. The highest BCUT2D eigenvalue weighted by atomic mass is 16.6. The number of hydrogen-bond donors (Lipinski definition) is 3. The molecule has 0 aromatic carbocycles. The molecule has 31 heavy (non-hydrogen) atoms. The van der Waals surface area contributed by atoms with Gasteiger partial charge in [0.1, 0.15) is 42.8 Å². The first-order valence-corrected chi connectivity index (χ1v) is 9.84. The van der Waals surface area contributed by atoms with Crippen LogP contribution >= 0.6 is 0 Å². The van der Waals surface area contributed by atoms with Crippen LogP contribution in [-0.2, 0) is 24.6 Å². The molecule has 4 heterocycles. The van der Waals surface area contributed by atoms with Gasteiger partial charge < -0.3 is 30.2 Å². The van der Waals surface area contributed by atoms with Crippen LogP contribution in [-0.4, -0.2) is 93.4 Å². The quantitative estimate of drug-likeness (QED) is 0.450. The van der Waals surface area contributed by atoms with Crippen LogP contribution < -0.4 is 5.73 Å². The average molecular weight is 432 g/mol. The van der Waals surface area contributed by atoms with E-state index in [0.29, 0.717) is 12.1 Å². The van der Waals surface area contributed by atoms with E-state index in [9.17, 15) is 20.3 Å². The summed E-state index contributed by atoms with van der Waals surface area (Å²) in [5.41, 5.74) is 4.51. The number of rotatable bonds is 6. The fourth-order valence-corrected chi connectivity index (χ4v) is 4.09. The number of aromatic nitrogens is 3. The van der Waals surface area contributed by atoms with E-state index in [0.717, 1.165) is 13.0 Å². The molecule has 2 saturated heterocycles. The Labute approximate surface area is 177 Å². The minimum absolute atomic E-state index is 0.0775. The van der Waals surface area contributed by atoms with Crippen molar-refractivity contribution in [1.29, 1.82) is 5.26 Å². The topological polar surface area (TPSA) is 168 Å². The number of carbonyl (C=O) groups excluding carboxylic acids is 1. The molecule has 0 saturated carbocycles. The molecule has 0 aliphatic carbocycles. The minimum atomic E-state index is -1.93. The third kappa shape index (κ3) is 3.71. The van der Waals surface area contributed by atoms with E-state index in [2.05, 4.69) is 10.1 Å². The first-order valence-electron chi connectivity index (χ1n) is 9.84. The second-order valence-electron chi connectivity index (χ2n) is 7.66. The second-order valence-corrected chi connectivity index (χ2v) is 7.66. The lowest BCUT2D eigenvalue weighted by atomic mass is 9.92. The zero-order valence-corrected chi connectivity index (χ0v) is 16.9. The maximum atomic E-state index is 12.2. The van der Waals surface area contributed by atoms with Gasteiger partial charge in [0.25, 0.3) is 0 Å². The van der Waals surface area contributed by atoms with Crippen LogP contribution in [0.2, 0.25) is 0 Å². The van der Waals surface area contributed by atoms with E-state index >= 15 is 0 Å². The predicted molar refractivity (Wildman–Crippen MR) is 104 cm³/mol. The Hall–Kier alpha value is -2.82. The number of nitrogens with two attached hydrogens (primary N) is 1. The molecule has 4 rings (SSSR count). The van der Waals surface area contributed by atoms with Gasteiger partial charge in [0, 0.05) is 20.2 Å². The summed E-state index contributed by atoms with van der Waals surface area (Å²) in [4.78, 5) is 18.0. The Kier molecular flexibility index (Phi) is 5.78. The highest BCUT2D eigenvalue weighted by Gasteiger charge is 2.57. The van der Waals surface area contributed by atoms with Crippen molar-refractivity contribution in [1.82, 2.24) is 19.5 Å². The lowest BCUT2D eigenvalue weighted by Crippen LogP contribution is -2.41. The van der Waals surface area contributed by atoms with Crippen LogP contribution in [0, 0.1) is 11.3 Å². The van der Waals surface area contributed by atoms with Crippen LogP contribution in [0.3, 0.4) is 0 Å². The van der Waals surface area contributed by atoms with E-state index in [4.69, 9.17) is 19.9 Å². The summed E-state index contributed by atoms with van der Waals surface area (Å²) in [5.74, 6) is -0.310. The highest BCUT2D eigenvalue weighted by molar-refractivity contribution is 5.71. The van der Waals surface area contributed by atoms with Crippen LogP contribution in [0.4, 0.5) is 5.82 Å². The van der Waals surface area contributed by atoms with Crippen LogP contribution in [0.25, 0.3) is 5.52 Å². The summed E-state index contributed by atoms with van der Waals surface area (Å²) in [6.45, 7) is 1.12. The molecule has 2 aromatic heterocycles. The van der Waals surface area contributed by atoms with Gasteiger partial charge >= 0.3 is 5.97 Å². The van der Waals surface area contributed by atoms with E-state index in [1.165, 1.54) is 16.9 Å². The highest BCUT2D eigenvalue weighted by Crippen LogP contribution is 2.40. The van der Waals surface area contributed by atoms with Crippen LogP contribution in [0.5, 0.6) is 0 Å². The Morgan fingerprint density at radius 3 is 3.00 bits per heavy atom. The molecule has 0 bridgehead atoms. The summed E-state index contributed by atoms with van der Waals surface area (Å²) in [6.07, 6.45) is -2.02. The SMILES string of the molecule is COC1CCN(CC(=O)OC[C@H]2O[C@@](C#N)(c3ccc4c(N)ncnn34)[C@H](O)[C@@H]2O)C1. The number of hydrogen-bond acceptors (Lipinski definition) is 11. The van der Waals surface area contributed by atoms with Gasteiger partial charge in [-0.3, -0.25) is 9.69 Å². The molecule has 0 radical (unpaired) electrons. The zero-order valence-electron chi connectivity index (χ0n) is 16.9. The number of ether oxygens (including phenoxy) is 3. The summed E-state index contributed by atoms with van der Waals surface area (Å²) in [6, 6.07) is 5.05. The number of nitrogens with zero attached hydrogens (tertiary/aromatic N) is 5. The van der Waals surface area contributed by atoms with Gasteiger partial charge in [0.05, 0.1) is 18.3 Å². The number of likely N-dealkylation sites (tertiary alicyclic amines) is 1. The van der Waals surface area contributed by atoms with Gasteiger partial charge in [0.15, 0.2) is 5.82 Å². The molecule has 2 aliphatic heterocycles. The Morgan fingerprint density at radius 2 is 2.29 bits per heavy atom. The molecule has 1 unspecified atom stereocenters. The molecule has 2 aromatic rings. The van der Waals surface area contributed by atoms with Crippen LogP contribution in [0.1, 0.15) is 12.1 Å². The number of nitrogen functional groups attached to an aromatic ring is 1. The van der Waals surface area contributed by atoms with Crippen molar-refractivity contribution < 1.29 is 29.2 Å². The average Bonchev–Trinajstić information content (AvgIpc) is 3.46. The molecule has 4 N–H and O–H groups in total. The van der Waals surface area contributed by atoms with Crippen molar-refractivity contribution >= 4 is 17.3 Å². The van der Waals surface area contributed by atoms with Gasteiger partial charge in [-0.15, -0.1) is 0 Å². The van der Waals surface area contributed by atoms with Gasteiger partial charge in [0.2, 0.25) is 5.60 Å². The van der Waals surface area contributed by atoms with Crippen molar-refractivity contribution in [3.63, 3.8) is 0 Å². The zero-order chi connectivity index (χ0) is 22.2. The van der Waals surface area contributed by atoms with Crippen molar-refractivity contribution in [2.45, 2.75) is 36.4 Å². The first-order chi connectivity index (χ1) is 14.9. The molecule has 12 heteroatoms. The Morgan fingerprint density at radius 1 is 1.48 bits per heavy atom. The summed E-state index contributed by atoms with van der Waals surface area (Å²) in [5, 5.41) is 35.1. The first kappa shape index (κ1) is 21.4. The van der Waals surface area contributed by atoms with Gasteiger partial charge in [-0.05, 0) is 18.6 Å². The molecule has 2 aliphatic rings. The number of fused-ring (bicyclic) bond motifs is 1. The number of aliphatic hydroxyl groups excluding tert-OH is 2. The number of anilines is 1. The third-order valence-corrected chi connectivity index (χ3v) is 5.81. The summed E-state index contributed by atoms with van der Waals surface area (Å²) >= 11 is 0. The van der Waals surface area contributed by atoms with E-state index in [-0.39, 0.29) is 30.8 Å². The maximum Gasteiger partial charge on any atom is 0.320 e. The molecular weight excluding hydrogens is 408 g/mol. The van der Waals surface area contributed by atoms with E-state index in [1.54, 1.807) is 13.2 Å². The van der Waals surface area contributed by atoms with Crippen LogP contribution in [0.15, 0.2) is 18.5 Å². The van der Waals surface area contributed by atoms with E-state index in [1.807, 2.05) is 11.0 Å². The normalized spacial score (nSPS) is 31.2. The molecule has 0 spiro atoms. The van der Waals surface area contributed by atoms with E-state index < -0.39 is 29.9 Å². The fraction of sp³-hybridized carbons (Fsp3) is 0.579. The van der Waals surface area contributed by atoms with Crippen molar-refractivity contribution in [2.75, 3.05) is 39.1 Å². The molecule has 0 amide bonds. The molecule has 2 fully saturated rings. The smallest absolute Gasteiger partial charge is 0.320 e. The molecule has 166 valence electrons. The Bertz CT molecular complexity index is 1010. The minimum Gasteiger partial charge on any atom is -0.462 e. The maximum absolute atomic E-state index is 12.2. The van der Waals surface area contributed by atoms with Crippen molar-refractivity contribution in [3.8, 4) is 6.07 Å². The number of carbonyl (C=O) groups is 1. The third-order valence-electron chi connectivity index (χ3n) is 5.81. The largest absolute Gasteiger partial charge is 0.462 e. The van der Waals surface area contributed by atoms with Crippen molar-refractivity contribution in [2.24, 2.45) is 0 Å². The number of esters is 1. The molecular formula is C19H24N6O6. The standard InChI is InChI=1S/C19H24N6O6/c1-29-11-4-5-24(6-11)7-15(26)30-8-13-16(27)17(28)19(9-20,31-13)14-3-2-12-18(21)22-10-23-25(12)14/h2-3,10-11,13,16-17,27-28H,4-8H2,1H3,(H2,21,22,23)/t11?,13-,16-,17-,19+/m1/s1. The van der Waals surface area contributed by atoms with Gasteiger partial charge in [-0.25, -0.2) is 9.50 Å². The molecule has 5 atom stereocenters.